The van der Waals surface area contributed by atoms with Gasteiger partial charge in [0.25, 0.3) is 0 Å². The topological polar surface area (TPSA) is 85.4 Å². The number of ether oxygens (including phenoxy) is 2. The van der Waals surface area contributed by atoms with Gasteiger partial charge in [0.05, 0.1) is 12.6 Å². The molecule has 1 amide bonds. The monoisotopic (exact) mass is 418 g/mol. The van der Waals surface area contributed by atoms with E-state index in [4.69, 9.17) is 9.47 Å². The smallest absolute Gasteiger partial charge is 0.247 e. The third-order valence-electron chi connectivity index (χ3n) is 4.10. The summed E-state index contributed by atoms with van der Waals surface area (Å²) in [6.45, 7) is 3.46. The van der Waals surface area contributed by atoms with Crippen LogP contribution in [0.4, 0.5) is 17.3 Å². The van der Waals surface area contributed by atoms with Crippen molar-refractivity contribution >= 4 is 44.8 Å². The number of rotatable bonds is 7. The molecule has 0 unspecified atom stereocenters. The van der Waals surface area contributed by atoms with Gasteiger partial charge in [0.1, 0.15) is 16.2 Å². The predicted molar refractivity (Wildman–Crippen MR) is 119 cm³/mol. The summed E-state index contributed by atoms with van der Waals surface area (Å²) in [7, 11) is 1.62. The molecule has 0 aliphatic heterocycles. The summed E-state index contributed by atoms with van der Waals surface area (Å²) in [4.78, 5) is 20.7. The van der Waals surface area contributed by atoms with Crippen LogP contribution in [0.3, 0.4) is 0 Å². The van der Waals surface area contributed by atoms with Crippen molar-refractivity contribution in [3.63, 3.8) is 0 Å². The number of carbonyl (C=O) groups is 1. The van der Waals surface area contributed by atoms with E-state index in [0.29, 0.717) is 23.3 Å². The quantitative estimate of drug-likeness (QED) is 0.393. The van der Waals surface area contributed by atoms with E-state index < -0.39 is 0 Å². The average Bonchev–Trinajstić information content (AvgIpc) is 3.23. The first-order chi connectivity index (χ1) is 14.6. The fourth-order valence-electron chi connectivity index (χ4n) is 2.73. The SMILES string of the molecule is C=CC(=O)Nc1cccc(Oc2nc(Nc3cccc(OC)c3)nc3ccsc23)c1. The maximum Gasteiger partial charge on any atom is 0.247 e. The minimum absolute atomic E-state index is 0.292. The predicted octanol–water partition coefficient (Wildman–Crippen LogP) is 5.36. The zero-order valence-corrected chi connectivity index (χ0v) is 16.9. The maximum atomic E-state index is 11.5. The number of aromatic nitrogens is 2. The third-order valence-corrected chi connectivity index (χ3v) is 4.99. The second-order valence-electron chi connectivity index (χ2n) is 6.17. The number of thiophene rings is 1. The molecule has 4 aromatic rings. The standard InChI is InChI=1S/C22H18N4O3S/c1-3-19(27)23-14-6-5-9-17(13-14)29-21-20-18(10-11-30-20)25-22(26-21)24-15-7-4-8-16(12-15)28-2/h3-13H,1H2,2H3,(H,23,27)(H,24,25,26). The first-order valence-corrected chi connectivity index (χ1v) is 9.90. The van der Waals surface area contributed by atoms with Crippen molar-refractivity contribution in [3.05, 3.63) is 72.6 Å². The summed E-state index contributed by atoms with van der Waals surface area (Å²) in [5.41, 5.74) is 2.17. The second-order valence-corrected chi connectivity index (χ2v) is 7.08. The molecule has 2 aromatic heterocycles. The number of hydrogen-bond donors (Lipinski definition) is 2. The van der Waals surface area contributed by atoms with Gasteiger partial charge in [0.2, 0.25) is 17.7 Å². The number of hydrogen-bond acceptors (Lipinski definition) is 7. The van der Waals surface area contributed by atoms with E-state index in [1.165, 1.54) is 17.4 Å². The van der Waals surface area contributed by atoms with Gasteiger partial charge >= 0.3 is 0 Å². The summed E-state index contributed by atoms with van der Waals surface area (Å²) in [5.74, 6) is 1.80. The number of benzene rings is 2. The van der Waals surface area contributed by atoms with Crippen LogP contribution in [0.25, 0.3) is 10.2 Å². The van der Waals surface area contributed by atoms with Gasteiger partial charge in [-0.15, -0.1) is 11.3 Å². The van der Waals surface area contributed by atoms with Gasteiger partial charge in [-0.05, 0) is 41.8 Å². The Hall–Kier alpha value is -3.91. The van der Waals surface area contributed by atoms with E-state index in [9.17, 15) is 4.79 Å². The Morgan fingerprint density at radius 1 is 1.07 bits per heavy atom. The van der Waals surface area contributed by atoms with Gasteiger partial charge in [-0.3, -0.25) is 4.79 Å². The molecule has 0 fully saturated rings. The Bertz CT molecular complexity index is 1220. The molecular formula is C22H18N4O3S. The van der Waals surface area contributed by atoms with E-state index in [1.807, 2.05) is 35.7 Å². The van der Waals surface area contributed by atoms with E-state index in [0.717, 1.165) is 21.7 Å². The van der Waals surface area contributed by atoms with Crippen LogP contribution in [0.15, 0.2) is 72.6 Å². The van der Waals surface area contributed by atoms with E-state index in [-0.39, 0.29) is 5.91 Å². The largest absolute Gasteiger partial charge is 0.497 e. The number of anilines is 3. The second kappa shape index (κ2) is 8.62. The maximum absolute atomic E-state index is 11.5. The molecule has 2 N–H and O–H groups in total. The van der Waals surface area contributed by atoms with Gasteiger partial charge in [0, 0.05) is 23.5 Å². The molecule has 0 atom stereocenters. The third kappa shape index (κ3) is 4.39. The molecule has 4 rings (SSSR count). The lowest BCUT2D eigenvalue weighted by molar-refractivity contribution is -0.111. The van der Waals surface area contributed by atoms with E-state index in [2.05, 4.69) is 27.2 Å². The fraction of sp³-hybridized carbons (Fsp3) is 0.0455. The van der Waals surface area contributed by atoms with Crippen molar-refractivity contribution < 1.29 is 14.3 Å². The van der Waals surface area contributed by atoms with Crippen molar-refractivity contribution in [2.75, 3.05) is 17.7 Å². The summed E-state index contributed by atoms with van der Waals surface area (Å²) < 4.78 is 12.1. The number of nitrogens with zero attached hydrogens (tertiary/aromatic N) is 2. The van der Waals surface area contributed by atoms with Crippen LogP contribution in [-0.4, -0.2) is 23.0 Å². The molecule has 7 nitrogen and oxygen atoms in total. The zero-order chi connectivity index (χ0) is 20.9. The molecular weight excluding hydrogens is 400 g/mol. The van der Waals surface area contributed by atoms with Gasteiger partial charge < -0.3 is 20.1 Å². The van der Waals surface area contributed by atoms with Gasteiger partial charge in [-0.2, -0.15) is 4.98 Å². The Labute approximate surface area is 177 Å². The van der Waals surface area contributed by atoms with Gasteiger partial charge in [0.15, 0.2) is 0 Å². The Kier molecular flexibility index (Phi) is 5.58. The lowest BCUT2D eigenvalue weighted by Crippen LogP contribution is -2.07. The Morgan fingerprint density at radius 3 is 2.63 bits per heavy atom. The van der Waals surface area contributed by atoms with Crippen molar-refractivity contribution in [1.29, 1.82) is 0 Å². The fourth-order valence-corrected chi connectivity index (χ4v) is 3.49. The van der Waals surface area contributed by atoms with Crippen molar-refractivity contribution in [2.24, 2.45) is 0 Å². The van der Waals surface area contributed by atoms with Crippen molar-refractivity contribution in [3.8, 4) is 17.4 Å². The van der Waals surface area contributed by atoms with Crippen LogP contribution in [-0.2, 0) is 4.79 Å². The zero-order valence-electron chi connectivity index (χ0n) is 16.1. The lowest BCUT2D eigenvalue weighted by Gasteiger charge is -2.11. The number of fused-ring (bicyclic) bond motifs is 1. The minimum atomic E-state index is -0.292. The van der Waals surface area contributed by atoms with Crippen molar-refractivity contribution in [1.82, 2.24) is 9.97 Å². The highest BCUT2D eigenvalue weighted by atomic mass is 32.1. The Balaban J connectivity index is 1.64. The molecule has 8 heteroatoms. The minimum Gasteiger partial charge on any atom is -0.497 e. The van der Waals surface area contributed by atoms with Crippen LogP contribution < -0.4 is 20.1 Å². The summed E-state index contributed by atoms with van der Waals surface area (Å²) in [6.07, 6.45) is 1.21. The van der Waals surface area contributed by atoms with E-state index in [1.54, 1.807) is 31.4 Å². The van der Waals surface area contributed by atoms with Crippen LogP contribution in [0.1, 0.15) is 0 Å². The van der Waals surface area contributed by atoms with Crippen LogP contribution in [0, 0.1) is 0 Å². The molecule has 0 bridgehead atoms. The molecule has 2 heterocycles. The number of amides is 1. The molecule has 0 aliphatic rings. The first-order valence-electron chi connectivity index (χ1n) is 9.02. The molecule has 0 radical (unpaired) electrons. The van der Waals surface area contributed by atoms with Crippen LogP contribution in [0.5, 0.6) is 17.4 Å². The summed E-state index contributed by atoms with van der Waals surface area (Å²) in [6, 6.07) is 16.5. The van der Waals surface area contributed by atoms with Gasteiger partial charge in [-0.1, -0.05) is 18.7 Å². The molecule has 30 heavy (non-hydrogen) atoms. The van der Waals surface area contributed by atoms with Crippen LogP contribution in [0.2, 0.25) is 0 Å². The molecule has 150 valence electrons. The molecule has 2 aromatic carbocycles. The summed E-state index contributed by atoms with van der Waals surface area (Å²) >= 11 is 1.49. The number of methoxy groups -OCH3 is 1. The number of nitrogens with one attached hydrogen (secondary N) is 2. The summed E-state index contributed by atoms with van der Waals surface area (Å²) in [5, 5.41) is 7.83. The first kappa shape index (κ1) is 19.4. The van der Waals surface area contributed by atoms with Crippen molar-refractivity contribution in [2.45, 2.75) is 0 Å². The highest BCUT2D eigenvalue weighted by Gasteiger charge is 2.12. The highest BCUT2D eigenvalue weighted by molar-refractivity contribution is 7.17. The highest BCUT2D eigenvalue weighted by Crippen LogP contribution is 2.34. The number of carbonyl (C=O) groups excluding carboxylic acids is 1. The molecule has 0 saturated heterocycles. The Morgan fingerprint density at radius 2 is 1.83 bits per heavy atom. The average molecular weight is 418 g/mol. The molecule has 0 saturated carbocycles. The van der Waals surface area contributed by atoms with Crippen LogP contribution >= 0.6 is 11.3 Å². The van der Waals surface area contributed by atoms with E-state index >= 15 is 0 Å². The van der Waals surface area contributed by atoms with Gasteiger partial charge in [-0.25, -0.2) is 4.98 Å². The normalized spacial score (nSPS) is 10.4. The lowest BCUT2D eigenvalue weighted by atomic mass is 10.3. The molecule has 0 aliphatic carbocycles. The molecule has 0 spiro atoms.